The number of allylic oxidation sites excluding steroid dienone is 1. The first-order chi connectivity index (χ1) is 21.8. The minimum absolute atomic E-state index is 0.173. The van der Waals surface area contributed by atoms with Gasteiger partial charge in [0.1, 0.15) is 18.4 Å². The fourth-order valence-corrected chi connectivity index (χ4v) is 6.77. The quantitative estimate of drug-likeness (QED) is 0.163. The van der Waals surface area contributed by atoms with Gasteiger partial charge in [0.2, 0.25) is 0 Å². The highest BCUT2D eigenvalue weighted by atomic mass is 79.9. The Morgan fingerprint density at radius 1 is 1.04 bits per heavy atom. The summed E-state index contributed by atoms with van der Waals surface area (Å²) in [5.74, 6) is 1.02. The maximum absolute atomic E-state index is 14.2. The van der Waals surface area contributed by atoms with Gasteiger partial charge in [-0.2, -0.15) is 0 Å². The van der Waals surface area contributed by atoms with E-state index in [9.17, 15) is 9.59 Å². The Kier molecular flexibility index (Phi) is 10.5. The summed E-state index contributed by atoms with van der Waals surface area (Å²) in [6, 6.07) is 17.8. The second-order valence-corrected chi connectivity index (χ2v) is 12.4. The number of hydrogen-bond donors (Lipinski definition) is 0. The summed E-state index contributed by atoms with van der Waals surface area (Å²) in [5.41, 5.74) is 2.83. The lowest BCUT2D eigenvalue weighted by molar-refractivity contribution is -0.139. The van der Waals surface area contributed by atoms with E-state index in [1.165, 1.54) is 23.0 Å². The highest BCUT2D eigenvalue weighted by Crippen LogP contribution is 2.38. The molecule has 0 spiro atoms. The molecule has 0 aliphatic carbocycles. The van der Waals surface area contributed by atoms with Crippen molar-refractivity contribution in [2.24, 2.45) is 4.99 Å². The van der Waals surface area contributed by atoms with Crippen LogP contribution in [0.1, 0.15) is 49.4 Å². The highest BCUT2D eigenvalue weighted by molar-refractivity contribution is 9.10. The summed E-state index contributed by atoms with van der Waals surface area (Å²) in [6.07, 6.45) is 3.03. The van der Waals surface area contributed by atoms with E-state index >= 15 is 0 Å². The Hall–Kier alpha value is -3.86. The normalized spacial score (nSPS) is 14.5. The van der Waals surface area contributed by atoms with Crippen molar-refractivity contribution < 1.29 is 23.7 Å². The van der Waals surface area contributed by atoms with E-state index in [0.717, 1.165) is 12.0 Å². The Morgan fingerprint density at radius 2 is 1.80 bits per heavy atom. The molecule has 0 fully saturated rings. The Balaban J connectivity index is 1.66. The number of halogens is 2. The van der Waals surface area contributed by atoms with Gasteiger partial charge < -0.3 is 18.9 Å². The predicted molar refractivity (Wildman–Crippen MR) is 179 cm³/mol. The molecule has 11 heteroatoms. The molecule has 0 saturated heterocycles. The lowest BCUT2D eigenvalue weighted by Gasteiger charge is -2.27. The van der Waals surface area contributed by atoms with Crippen molar-refractivity contribution in [3.63, 3.8) is 0 Å². The van der Waals surface area contributed by atoms with Crippen molar-refractivity contribution in [2.45, 2.75) is 39.3 Å². The molecule has 5 rings (SSSR count). The molecule has 0 amide bonds. The molecule has 4 aromatic rings. The Labute approximate surface area is 278 Å². The number of rotatable bonds is 11. The van der Waals surface area contributed by atoms with E-state index in [1.807, 2.05) is 49.4 Å². The molecule has 3 aromatic carbocycles. The third-order valence-electron chi connectivity index (χ3n) is 7.19. The van der Waals surface area contributed by atoms with Gasteiger partial charge in [0.05, 0.1) is 36.6 Å². The molecular formula is C34H32BrClN2O6S. The largest absolute Gasteiger partial charge is 0.496 e. The van der Waals surface area contributed by atoms with Crippen LogP contribution in [-0.2, 0) is 16.1 Å². The summed E-state index contributed by atoms with van der Waals surface area (Å²) in [4.78, 5) is 33.0. The van der Waals surface area contributed by atoms with Crippen molar-refractivity contribution >= 4 is 50.9 Å². The maximum atomic E-state index is 14.2. The molecule has 1 aromatic heterocycles. The van der Waals surface area contributed by atoms with Crippen LogP contribution in [-0.4, -0.2) is 31.4 Å². The molecule has 0 unspecified atom stereocenters. The molecule has 1 aliphatic heterocycles. The molecule has 1 aliphatic rings. The Morgan fingerprint density at radius 3 is 2.49 bits per heavy atom. The van der Waals surface area contributed by atoms with Crippen LogP contribution in [0.25, 0.3) is 6.08 Å². The molecule has 0 saturated carbocycles. The number of benzene rings is 3. The summed E-state index contributed by atoms with van der Waals surface area (Å²) < 4.78 is 25.5. The van der Waals surface area contributed by atoms with Crippen LogP contribution in [0.2, 0.25) is 5.02 Å². The number of carbonyl (C=O) groups is 1. The standard InChI is InChI=1S/C34H32BrClN2O6S/c1-5-10-25-30(33(40)43-6-2)31(23-17-22(36)13-14-26(23)41-3)38-32(39)29(45-34(38)37-25)16-21-15-27(42-4)28(18-24(21)35)44-19-20-11-8-7-9-12-20/h7-9,11-18,31H,5-6,10,19H2,1-4H3/b29-16+/t31-/m0/s1. The van der Waals surface area contributed by atoms with E-state index in [-0.39, 0.29) is 12.2 Å². The van der Waals surface area contributed by atoms with E-state index in [4.69, 9.17) is 35.5 Å². The number of esters is 1. The molecule has 0 radical (unpaired) electrons. The van der Waals surface area contributed by atoms with Crippen molar-refractivity contribution in [3.8, 4) is 17.2 Å². The summed E-state index contributed by atoms with van der Waals surface area (Å²) in [5, 5.41) is 0.441. The number of nitrogens with zero attached hydrogens (tertiary/aromatic N) is 2. The van der Waals surface area contributed by atoms with Crippen LogP contribution < -0.4 is 29.1 Å². The molecule has 1 atom stereocenters. The minimum atomic E-state index is -0.857. The van der Waals surface area contributed by atoms with Crippen LogP contribution in [0.15, 0.2) is 86.2 Å². The zero-order chi connectivity index (χ0) is 32.1. The lowest BCUT2D eigenvalue weighted by atomic mass is 9.93. The van der Waals surface area contributed by atoms with Gasteiger partial charge in [-0.05, 0) is 60.9 Å². The van der Waals surface area contributed by atoms with E-state index < -0.39 is 12.0 Å². The van der Waals surface area contributed by atoms with Crippen LogP contribution in [0, 0.1) is 0 Å². The summed E-state index contributed by atoms with van der Waals surface area (Å²) in [6.45, 7) is 4.30. The van der Waals surface area contributed by atoms with E-state index in [2.05, 4.69) is 15.9 Å². The number of fused-ring (bicyclic) bond motifs is 1. The van der Waals surface area contributed by atoms with Gasteiger partial charge in [-0.15, -0.1) is 0 Å². The average molecular weight is 712 g/mol. The number of ether oxygens (including phenoxy) is 4. The second kappa shape index (κ2) is 14.5. The summed E-state index contributed by atoms with van der Waals surface area (Å²) >= 11 is 11.3. The van der Waals surface area contributed by atoms with Crippen molar-refractivity contribution in [3.05, 3.63) is 118 Å². The number of hydrogen-bond acceptors (Lipinski definition) is 8. The third kappa shape index (κ3) is 6.88. The SMILES string of the molecule is CCCC1=C(C(=O)OCC)[C@H](c2cc(Cl)ccc2OC)n2c(s/c(=C/c3cc(OC)c(OCc4ccccc4)cc3Br)c2=O)=N1. The molecule has 0 N–H and O–H groups in total. The molecule has 2 heterocycles. The summed E-state index contributed by atoms with van der Waals surface area (Å²) in [7, 11) is 3.11. The van der Waals surface area contributed by atoms with Crippen molar-refractivity contribution in [2.75, 3.05) is 20.8 Å². The predicted octanol–water partition coefficient (Wildman–Crippen LogP) is 6.59. The maximum Gasteiger partial charge on any atom is 0.338 e. The van der Waals surface area contributed by atoms with Crippen LogP contribution in [0.3, 0.4) is 0 Å². The van der Waals surface area contributed by atoms with Gasteiger partial charge in [0.15, 0.2) is 16.3 Å². The number of carbonyl (C=O) groups excluding carboxylic acids is 1. The Bertz CT molecular complexity index is 1940. The zero-order valence-corrected chi connectivity index (χ0v) is 28.4. The van der Waals surface area contributed by atoms with Gasteiger partial charge in [-0.25, -0.2) is 9.79 Å². The lowest BCUT2D eigenvalue weighted by Crippen LogP contribution is -2.40. The van der Waals surface area contributed by atoms with E-state index in [1.54, 1.807) is 38.3 Å². The first-order valence-electron chi connectivity index (χ1n) is 14.4. The minimum Gasteiger partial charge on any atom is -0.496 e. The zero-order valence-electron chi connectivity index (χ0n) is 25.3. The molecule has 0 bridgehead atoms. The van der Waals surface area contributed by atoms with Crippen LogP contribution in [0.5, 0.6) is 17.2 Å². The average Bonchev–Trinajstić information content (AvgIpc) is 3.35. The molecule has 45 heavy (non-hydrogen) atoms. The van der Waals surface area contributed by atoms with Crippen molar-refractivity contribution in [1.82, 2.24) is 4.57 Å². The smallest absolute Gasteiger partial charge is 0.338 e. The number of aromatic nitrogens is 1. The van der Waals surface area contributed by atoms with Crippen LogP contribution >= 0.6 is 38.9 Å². The third-order valence-corrected chi connectivity index (χ3v) is 9.09. The second-order valence-electron chi connectivity index (χ2n) is 10.1. The molecule has 8 nitrogen and oxygen atoms in total. The van der Waals surface area contributed by atoms with Crippen LogP contribution in [0.4, 0.5) is 0 Å². The number of methoxy groups -OCH3 is 2. The van der Waals surface area contributed by atoms with E-state index in [0.29, 0.717) is 71.5 Å². The monoisotopic (exact) mass is 710 g/mol. The number of thiazole rings is 1. The molecule has 234 valence electrons. The van der Waals surface area contributed by atoms with Gasteiger partial charge in [0, 0.05) is 15.1 Å². The highest BCUT2D eigenvalue weighted by Gasteiger charge is 2.36. The fourth-order valence-electron chi connectivity index (χ4n) is 5.14. The van der Waals surface area contributed by atoms with Crippen molar-refractivity contribution in [1.29, 1.82) is 0 Å². The molecular weight excluding hydrogens is 680 g/mol. The first-order valence-corrected chi connectivity index (χ1v) is 16.4. The fraction of sp³-hybridized carbons (Fsp3) is 0.265. The first kappa shape index (κ1) is 32.5. The van der Waals surface area contributed by atoms with Gasteiger partial charge in [0.25, 0.3) is 5.56 Å². The topological polar surface area (TPSA) is 88.4 Å². The van der Waals surface area contributed by atoms with Gasteiger partial charge >= 0.3 is 5.97 Å². The van der Waals surface area contributed by atoms with Gasteiger partial charge in [-0.1, -0.05) is 82.5 Å². The van der Waals surface area contributed by atoms with Gasteiger partial charge in [-0.3, -0.25) is 9.36 Å².